The maximum Gasteiger partial charge on any atom is 0.191 e. The Morgan fingerprint density at radius 2 is 1.93 bits per heavy atom. The van der Waals surface area contributed by atoms with Gasteiger partial charge in [0.05, 0.1) is 19.8 Å². The van der Waals surface area contributed by atoms with Crippen molar-refractivity contribution in [3.8, 4) is 0 Å². The molecule has 1 aromatic rings. The summed E-state index contributed by atoms with van der Waals surface area (Å²) in [7, 11) is 1.77. The van der Waals surface area contributed by atoms with Crippen LogP contribution in [0.4, 0.5) is 0 Å². The molecule has 1 heterocycles. The summed E-state index contributed by atoms with van der Waals surface area (Å²) in [5.41, 5.74) is 1.20. The first-order chi connectivity index (χ1) is 13.3. The molecule has 0 bridgehead atoms. The fourth-order valence-corrected chi connectivity index (χ4v) is 3.23. The molecular weight excluding hydrogens is 467 g/mol. The van der Waals surface area contributed by atoms with E-state index in [9.17, 15) is 0 Å². The van der Waals surface area contributed by atoms with E-state index in [2.05, 4.69) is 39.6 Å². The molecule has 1 aliphatic rings. The van der Waals surface area contributed by atoms with Crippen LogP contribution >= 0.6 is 24.0 Å². The zero-order valence-corrected chi connectivity index (χ0v) is 19.7. The molecule has 0 radical (unpaired) electrons. The number of nitrogens with zero attached hydrogens (tertiary/aromatic N) is 2. The summed E-state index contributed by atoms with van der Waals surface area (Å²) in [4.78, 5) is 7.18. The number of piperidine rings is 1. The van der Waals surface area contributed by atoms with Gasteiger partial charge in [-0.2, -0.15) is 0 Å². The molecule has 160 valence electrons. The van der Waals surface area contributed by atoms with Gasteiger partial charge in [-0.25, -0.2) is 0 Å². The summed E-state index contributed by atoms with van der Waals surface area (Å²) in [6.07, 6.45) is 3.42. The van der Waals surface area contributed by atoms with E-state index in [0.717, 1.165) is 58.0 Å². The third-order valence-corrected chi connectivity index (χ3v) is 4.71. The van der Waals surface area contributed by atoms with Crippen molar-refractivity contribution in [3.05, 3.63) is 35.9 Å². The Morgan fingerprint density at radius 3 is 2.61 bits per heavy atom. The predicted molar refractivity (Wildman–Crippen MR) is 127 cm³/mol. The molecule has 1 fully saturated rings. The molecule has 1 saturated heterocycles. The fourth-order valence-electron chi connectivity index (χ4n) is 3.23. The van der Waals surface area contributed by atoms with Crippen LogP contribution in [0.1, 0.15) is 31.7 Å². The van der Waals surface area contributed by atoms with E-state index in [1.165, 1.54) is 5.56 Å². The Hall–Kier alpha value is -0.900. The standard InChI is InChI=1S/C21H36N4O2.HI/c1-3-22-21(23-12-17-27-18-19-8-5-4-6-9-19)24-20-10-14-25(15-11-20)13-7-16-26-2;/h4-6,8-9,20H,3,7,10-18H2,1-2H3,(H2,22,23,24);1H. The Labute approximate surface area is 187 Å². The highest BCUT2D eigenvalue weighted by Crippen LogP contribution is 2.10. The van der Waals surface area contributed by atoms with Crippen LogP contribution in [0, 0.1) is 0 Å². The van der Waals surface area contributed by atoms with Gasteiger partial charge in [-0.3, -0.25) is 4.99 Å². The van der Waals surface area contributed by atoms with Gasteiger partial charge in [-0.05, 0) is 31.7 Å². The highest BCUT2D eigenvalue weighted by Gasteiger charge is 2.19. The van der Waals surface area contributed by atoms with Crippen molar-refractivity contribution >= 4 is 29.9 Å². The van der Waals surface area contributed by atoms with Gasteiger partial charge in [-0.15, -0.1) is 24.0 Å². The van der Waals surface area contributed by atoms with E-state index in [4.69, 9.17) is 9.47 Å². The number of guanidine groups is 1. The maximum absolute atomic E-state index is 5.72. The number of aliphatic imine (C=N–C) groups is 1. The molecule has 0 spiro atoms. The van der Waals surface area contributed by atoms with Crippen molar-refractivity contribution in [2.24, 2.45) is 4.99 Å². The summed E-state index contributed by atoms with van der Waals surface area (Å²) >= 11 is 0. The van der Waals surface area contributed by atoms with Crippen molar-refractivity contribution in [1.29, 1.82) is 0 Å². The van der Waals surface area contributed by atoms with Crippen molar-refractivity contribution in [2.75, 3.05) is 53.0 Å². The number of methoxy groups -OCH3 is 1. The lowest BCUT2D eigenvalue weighted by molar-refractivity contribution is 0.128. The predicted octanol–water partition coefficient (Wildman–Crippen LogP) is 2.88. The van der Waals surface area contributed by atoms with Crippen molar-refractivity contribution in [2.45, 2.75) is 38.8 Å². The second-order valence-electron chi connectivity index (χ2n) is 6.91. The maximum atomic E-state index is 5.72. The Kier molecular flexibility index (Phi) is 14.3. The number of rotatable bonds is 11. The Morgan fingerprint density at radius 1 is 1.18 bits per heavy atom. The van der Waals surface area contributed by atoms with Crippen LogP contribution in [-0.2, 0) is 16.1 Å². The molecule has 0 saturated carbocycles. The molecule has 0 amide bonds. The first kappa shape index (κ1) is 25.1. The zero-order valence-electron chi connectivity index (χ0n) is 17.4. The van der Waals surface area contributed by atoms with Gasteiger partial charge < -0.3 is 25.0 Å². The summed E-state index contributed by atoms with van der Waals surface area (Å²) < 4.78 is 10.9. The van der Waals surface area contributed by atoms with Gasteiger partial charge >= 0.3 is 0 Å². The molecule has 2 rings (SSSR count). The van der Waals surface area contributed by atoms with Crippen LogP contribution in [0.5, 0.6) is 0 Å². The van der Waals surface area contributed by atoms with Crippen molar-refractivity contribution < 1.29 is 9.47 Å². The van der Waals surface area contributed by atoms with E-state index < -0.39 is 0 Å². The average molecular weight is 504 g/mol. The largest absolute Gasteiger partial charge is 0.385 e. The second kappa shape index (κ2) is 16.0. The Bertz CT molecular complexity index is 522. The summed E-state index contributed by atoms with van der Waals surface area (Å²) in [6, 6.07) is 10.7. The number of hydrogen-bond donors (Lipinski definition) is 2. The van der Waals surface area contributed by atoms with E-state index in [-0.39, 0.29) is 24.0 Å². The second-order valence-corrected chi connectivity index (χ2v) is 6.91. The highest BCUT2D eigenvalue weighted by atomic mass is 127. The van der Waals surface area contributed by atoms with Crippen LogP contribution in [0.25, 0.3) is 0 Å². The molecule has 2 N–H and O–H groups in total. The lowest BCUT2D eigenvalue weighted by Gasteiger charge is -2.33. The van der Waals surface area contributed by atoms with E-state index in [1.807, 2.05) is 18.2 Å². The molecule has 0 aliphatic carbocycles. The molecule has 0 atom stereocenters. The average Bonchev–Trinajstić information content (AvgIpc) is 2.70. The molecule has 1 aromatic carbocycles. The first-order valence-corrected chi connectivity index (χ1v) is 10.2. The normalized spacial score (nSPS) is 15.9. The minimum absolute atomic E-state index is 0. The first-order valence-electron chi connectivity index (χ1n) is 10.2. The Balaban J connectivity index is 0.00000392. The van der Waals surface area contributed by atoms with Gasteiger partial charge in [0.25, 0.3) is 0 Å². The molecule has 0 aromatic heterocycles. The van der Waals surface area contributed by atoms with Crippen LogP contribution in [-0.4, -0.2) is 69.9 Å². The van der Waals surface area contributed by atoms with Gasteiger partial charge in [0.2, 0.25) is 0 Å². The molecule has 6 nitrogen and oxygen atoms in total. The number of hydrogen-bond acceptors (Lipinski definition) is 4. The quantitative estimate of drug-likeness (QED) is 0.210. The lowest BCUT2D eigenvalue weighted by atomic mass is 10.1. The smallest absolute Gasteiger partial charge is 0.191 e. The zero-order chi connectivity index (χ0) is 19.2. The minimum atomic E-state index is 0. The van der Waals surface area contributed by atoms with Crippen molar-refractivity contribution in [1.82, 2.24) is 15.5 Å². The minimum Gasteiger partial charge on any atom is -0.385 e. The molecule has 0 unspecified atom stereocenters. The molecule has 28 heavy (non-hydrogen) atoms. The highest BCUT2D eigenvalue weighted by molar-refractivity contribution is 14.0. The number of nitrogens with one attached hydrogen (secondary N) is 2. The van der Waals surface area contributed by atoms with Crippen molar-refractivity contribution in [3.63, 3.8) is 0 Å². The summed E-state index contributed by atoms with van der Waals surface area (Å²) in [6.45, 7) is 9.16. The van der Waals surface area contributed by atoms with Crippen LogP contribution in [0.2, 0.25) is 0 Å². The van der Waals surface area contributed by atoms with Gasteiger partial charge in [0.1, 0.15) is 0 Å². The number of likely N-dealkylation sites (tertiary alicyclic amines) is 1. The fraction of sp³-hybridized carbons (Fsp3) is 0.667. The third kappa shape index (κ3) is 10.6. The van der Waals surface area contributed by atoms with E-state index >= 15 is 0 Å². The lowest BCUT2D eigenvalue weighted by Crippen LogP contribution is -2.49. The van der Waals surface area contributed by atoms with Gasteiger partial charge in [-0.1, -0.05) is 30.3 Å². The monoisotopic (exact) mass is 504 g/mol. The van der Waals surface area contributed by atoms with Crippen LogP contribution in [0.15, 0.2) is 35.3 Å². The number of benzene rings is 1. The number of ether oxygens (including phenoxy) is 2. The SMILES string of the molecule is CCNC(=NCCOCc1ccccc1)NC1CCN(CCCOC)CC1.I. The third-order valence-electron chi connectivity index (χ3n) is 4.71. The molecule has 1 aliphatic heterocycles. The van der Waals surface area contributed by atoms with Gasteiger partial charge in [0.15, 0.2) is 5.96 Å². The topological polar surface area (TPSA) is 58.1 Å². The van der Waals surface area contributed by atoms with Crippen LogP contribution < -0.4 is 10.6 Å². The molecule has 7 heteroatoms. The van der Waals surface area contributed by atoms with E-state index in [0.29, 0.717) is 25.8 Å². The molecular formula is C21H37IN4O2. The number of halogens is 1. The van der Waals surface area contributed by atoms with Crippen LogP contribution in [0.3, 0.4) is 0 Å². The summed E-state index contributed by atoms with van der Waals surface area (Å²) in [5, 5.41) is 6.93. The van der Waals surface area contributed by atoms with Gasteiger partial charge in [0, 0.05) is 45.9 Å². The summed E-state index contributed by atoms with van der Waals surface area (Å²) in [5.74, 6) is 0.902. The van der Waals surface area contributed by atoms with E-state index in [1.54, 1.807) is 7.11 Å².